The van der Waals surface area contributed by atoms with Crippen LogP contribution in [0.25, 0.3) is 0 Å². The maximum absolute atomic E-state index is 10.3. The molecule has 2 aromatic carbocycles. The van der Waals surface area contributed by atoms with Crippen molar-refractivity contribution in [2.45, 2.75) is 76.0 Å². The number of aliphatic hydroxyl groups excluding tert-OH is 2. The quantitative estimate of drug-likeness (QED) is 0.349. The molecule has 1 heterocycles. The molecule has 2 fully saturated rings. The molecular formula is C27H37ClO8. The van der Waals surface area contributed by atoms with Crippen LogP contribution in [0.1, 0.15) is 56.2 Å². The summed E-state index contributed by atoms with van der Waals surface area (Å²) in [5.41, 5.74) is 2.52. The van der Waals surface area contributed by atoms with E-state index in [0.29, 0.717) is 29.2 Å². The van der Waals surface area contributed by atoms with Crippen molar-refractivity contribution in [3.63, 3.8) is 0 Å². The summed E-state index contributed by atoms with van der Waals surface area (Å²) in [6.45, 7) is 3.40. The van der Waals surface area contributed by atoms with Crippen molar-refractivity contribution >= 4 is 11.6 Å². The molecule has 4 rings (SSSR count). The van der Waals surface area contributed by atoms with E-state index in [1.54, 1.807) is 24.3 Å². The minimum absolute atomic E-state index is 0.115. The van der Waals surface area contributed by atoms with Crippen LogP contribution in [0, 0.1) is 0 Å². The van der Waals surface area contributed by atoms with E-state index in [2.05, 4.69) is 0 Å². The van der Waals surface area contributed by atoms with E-state index < -0.39 is 30.6 Å². The SMILES string of the molecule is CC.COC1(c2ccc(Cl)c(Cc3ccc(OCC(O)(O)OC4CC4)cc3)c2)CC(O)CC(CO)O1. The number of hydrogen-bond acceptors (Lipinski definition) is 8. The Bertz CT molecular complexity index is 963. The monoisotopic (exact) mass is 524 g/mol. The van der Waals surface area contributed by atoms with Gasteiger partial charge in [0.1, 0.15) is 5.75 Å². The minimum Gasteiger partial charge on any atom is -0.485 e. The second-order valence-electron chi connectivity index (χ2n) is 8.95. The Balaban J connectivity index is 0.00000176. The molecule has 1 saturated carbocycles. The number of ether oxygens (including phenoxy) is 4. The van der Waals surface area contributed by atoms with Gasteiger partial charge in [-0.15, -0.1) is 0 Å². The molecule has 0 amide bonds. The van der Waals surface area contributed by atoms with E-state index in [0.717, 1.165) is 24.0 Å². The molecule has 3 unspecified atom stereocenters. The first-order valence-corrected chi connectivity index (χ1v) is 12.7. The summed E-state index contributed by atoms with van der Waals surface area (Å²) in [6, 6.07) is 12.7. The fourth-order valence-electron chi connectivity index (χ4n) is 4.14. The molecule has 0 spiro atoms. The van der Waals surface area contributed by atoms with Crippen LogP contribution in [0.4, 0.5) is 0 Å². The second kappa shape index (κ2) is 12.7. The maximum Gasteiger partial charge on any atom is 0.314 e. The number of halogens is 1. The van der Waals surface area contributed by atoms with Gasteiger partial charge in [0.15, 0.2) is 12.4 Å². The van der Waals surface area contributed by atoms with Gasteiger partial charge in [-0.3, -0.25) is 0 Å². The summed E-state index contributed by atoms with van der Waals surface area (Å²) in [7, 11) is 1.52. The number of hydrogen-bond donors (Lipinski definition) is 4. The van der Waals surface area contributed by atoms with Crippen molar-refractivity contribution in [1.82, 2.24) is 0 Å². The van der Waals surface area contributed by atoms with Gasteiger partial charge in [0, 0.05) is 30.5 Å². The number of benzene rings is 2. The van der Waals surface area contributed by atoms with Crippen LogP contribution in [0.2, 0.25) is 5.02 Å². The van der Waals surface area contributed by atoms with Gasteiger partial charge in [-0.25, -0.2) is 0 Å². The first-order valence-electron chi connectivity index (χ1n) is 12.4. The lowest BCUT2D eigenvalue weighted by Crippen LogP contribution is -2.46. The molecule has 1 aliphatic heterocycles. The molecule has 0 aromatic heterocycles. The first-order chi connectivity index (χ1) is 17.2. The average molecular weight is 525 g/mol. The minimum atomic E-state index is -2.31. The summed E-state index contributed by atoms with van der Waals surface area (Å²) in [5, 5.41) is 40.1. The highest BCUT2D eigenvalue weighted by atomic mass is 35.5. The molecule has 1 saturated heterocycles. The molecule has 3 atom stereocenters. The number of aliphatic hydroxyl groups is 4. The maximum atomic E-state index is 10.3. The average Bonchev–Trinajstić information content (AvgIpc) is 3.69. The van der Waals surface area contributed by atoms with E-state index in [9.17, 15) is 20.4 Å². The van der Waals surface area contributed by atoms with Crippen LogP contribution in [0.15, 0.2) is 42.5 Å². The molecule has 0 radical (unpaired) electrons. The van der Waals surface area contributed by atoms with E-state index in [4.69, 9.17) is 30.5 Å². The standard InChI is InChI=1S/C25H31ClO8.C2H6/c1-31-24(13-19(28)12-22(14-27)33-24)18-4-9-23(26)17(11-18)10-16-2-5-20(6-3-16)32-15-25(29,30)34-21-7-8-21;1-2/h2-6,9,11,19,21-22,27-30H,7-8,10,12-15H2,1H3;1-2H3. The molecule has 2 aliphatic rings. The molecular weight excluding hydrogens is 488 g/mol. The van der Waals surface area contributed by atoms with Crippen molar-refractivity contribution in [3.05, 3.63) is 64.2 Å². The normalized spacial score (nSPS) is 24.1. The fourth-order valence-corrected chi connectivity index (χ4v) is 4.33. The van der Waals surface area contributed by atoms with Gasteiger partial charge in [-0.05, 0) is 54.7 Å². The fraction of sp³-hybridized carbons (Fsp3) is 0.556. The summed E-state index contributed by atoms with van der Waals surface area (Å²) < 4.78 is 22.3. The van der Waals surface area contributed by atoms with Crippen LogP contribution in [0.3, 0.4) is 0 Å². The van der Waals surface area contributed by atoms with Crippen LogP contribution in [-0.2, 0) is 26.4 Å². The smallest absolute Gasteiger partial charge is 0.314 e. The van der Waals surface area contributed by atoms with Crippen molar-refractivity contribution in [2.75, 3.05) is 20.3 Å². The lowest BCUT2D eigenvalue weighted by atomic mass is 9.91. The van der Waals surface area contributed by atoms with Gasteiger partial charge in [-0.1, -0.05) is 43.6 Å². The zero-order chi connectivity index (χ0) is 26.3. The van der Waals surface area contributed by atoms with E-state index in [-0.39, 0.29) is 19.1 Å². The lowest BCUT2D eigenvalue weighted by Gasteiger charge is -2.42. The summed E-state index contributed by atoms with van der Waals surface area (Å²) in [5.74, 6) is -3.01. The summed E-state index contributed by atoms with van der Waals surface area (Å²) in [4.78, 5) is 0. The van der Waals surface area contributed by atoms with Gasteiger partial charge in [0.25, 0.3) is 0 Å². The summed E-state index contributed by atoms with van der Waals surface area (Å²) >= 11 is 6.47. The Labute approximate surface area is 217 Å². The van der Waals surface area contributed by atoms with Gasteiger partial charge < -0.3 is 39.4 Å². The van der Waals surface area contributed by atoms with Crippen LogP contribution in [0.5, 0.6) is 5.75 Å². The number of methoxy groups -OCH3 is 1. The molecule has 1 aliphatic carbocycles. The Morgan fingerprint density at radius 3 is 2.42 bits per heavy atom. The Hall–Kier alpha value is -1.75. The van der Waals surface area contributed by atoms with Gasteiger partial charge in [0.2, 0.25) is 0 Å². The van der Waals surface area contributed by atoms with Crippen LogP contribution in [-0.4, -0.2) is 65.0 Å². The van der Waals surface area contributed by atoms with Gasteiger partial charge in [0.05, 0.1) is 24.9 Å². The Morgan fingerprint density at radius 2 is 1.81 bits per heavy atom. The van der Waals surface area contributed by atoms with Crippen molar-refractivity contribution in [3.8, 4) is 5.75 Å². The Kier molecular flexibility index (Phi) is 10.1. The molecule has 200 valence electrons. The highest BCUT2D eigenvalue weighted by molar-refractivity contribution is 6.31. The van der Waals surface area contributed by atoms with Crippen molar-refractivity contribution in [2.24, 2.45) is 0 Å². The molecule has 9 heteroatoms. The zero-order valence-electron chi connectivity index (χ0n) is 21.0. The van der Waals surface area contributed by atoms with Gasteiger partial charge >= 0.3 is 5.97 Å². The third-order valence-corrected chi connectivity index (χ3v) is 6.41. The summed E-state index contributed by atoms with van der Waals surface area (Å²) in [6.07, 6.45) is 1.45. The molecule has 2 aromatic rings. The first kappa shape index (κ1) is 28.8. The molecule has 4 N–H and O–H groups in total. The van der Waals surface area contributed by atoms with Gasteiger partial charge in [-0.2, -0.15) is 0 Å². The third-order valence-electron chi connectivity index (χ3n) is 6.04. The topological polar surface area (TPSA) is 118 Å². The van der Waals surface area contributed by atoms with E-state index in [1.165, 1.54) is 7.11 Å². The highest BCUT2D eigenvalue weighted by Crippen LogP contribution is 2.40. The van der Waals surface area contributed by atoms with Crippen LogP contribution < -0.4 is 4.74 Å². The zero-order valence-corrected chi connectivity index (χ0v) is 21.8. The number of rotatable bonds is 10. The second-order valence-corrected chi connectivity index (χ2v) is 9.36. The van der Waals surface area contributed by atoms with E-state index >= 15 is 0 Å². The Morgan fingerprint density at radius 1 is 1.11 bits per heavy atom. The van der Waals surface area contributed by atoms with Crippen LogP contribution >= 0.6 is 11.6 Å². The van der Waals surface area contributed by atoms with E-state index in [1.807, 2.05) is 32.0 Å². The highest BCUT2D eigenvalue weighted by Gasteiger charge is 2.43. The van der Waals surface area contributed by atoms with Crippen molar-refractivity contribution < 1.29 is 39.4 Å². The van der Waals surface area contributed by atoms with Crippen molar-refractivity contribution in [1.29, 1.82) is 0 Å². The third kappa shape index (κ3) is 7.63. The molecule has 8 nitrogen and oxygen atoms in total. The predicted octanol–water partition coefficient (Wildman–Crippen LogP) is 3.48. The largest absolute Gasteiger partial charge is 0.485 e. The lowest BCUT2D eigenvalue weighted by molar-refractivity contribution is -0.352. The molecule has 0 bridgehead atoms. The molecule has 36 heavy (non-hydrogen) atoms. The predicted molar refractivity (Wildman–Crippen MR) is 135 cm³/mol.